The van der Waals surface area contributed by atoms with E-state index in [0.29, 0.717) is 22.6 Å². The SMILES string of the molecule is COc1cc(C(=O)N/N=C/c2cnc[nH]2)cc(CO)c1CO. The molecular weight excluding hydrogens is 288 g/mol. The second-order valence-corrected chi connectivity index (χ2v) is 4.34. The minimum Gasteiger partial charge on any atom is -0.496 e. The number of aromatic nitrogens is 2. The molecule has 1 heterocycles. The fraction of sp³-hybridized carbons (Fsp3) is 0.214. The zero-order chi connectivity index (χ0) is 15.9. The maximum atomic E-state index is 12.1. The molecule has 0 aliphatic heterocycles. The Balaban J connectivity index is 2.18. The number of amides is 1. The lowest BCUT2D eigenvalue weighted by atomic mass is 10.0. The van der Waals surface area contributed by atoms with Crippen molar-refractivity contribution in [3.8, 4) is 5.75 Å². The number of methoxy groups -OCH3 is 1. The number of nitrogens with zero attached hydrogens (tertiary/aromatic N) is 2. The van der Waals surface area contributed by atoms with Crippen molar-refractivity contribution in [2.24, 2.45) is 5.10 Å². The van der Waals surface area contributed by atoms with E-state index in [1.807, 2.05) is 0 Å². The van der Waals surface area contributed by atoms with E-state index in [-0.39, 0.29) is 18.8 Å². The molecule has 22 heavy (non-hydrogen) atoms. The Morgan fingerprint density at radius 3 is 2.86 bits per heavy atom. The van der Waals surface area contributed by atoms with Crippen molar-refractivity contribution >= 4 is 12.1 Å². The molecule has 1 aromatic heterocycles. The third-order valence-corrected chi connectivity index (χ3v) is 3.00. The second-order valence-electron chi connectivity index (χ2n) is 4.34. The summed E-state index contributed by atoms with van der Waals surface area (Å²) < 4.78 is 5.13. The molecule has 0 atom stereocenters. The highest BCUT2D eigenvalue weighted by Gasteiger charge is 2.14. The number of carbonyl (C=O) groups is 1. The zero-order valence-corrected chi connectivity index (χ0v) is 11.9. The zero-order valence-electron chi connectivity index (χ0n) is 11.9. The summed E-state index contributed by atoms with van der Waals surface area (Å²) in [6, 6.07) is 2.96. The first-order valence-corrected chi connectivity index (χ1v) is 6.42. The van der Waals surface area contributed by atoms with Crippen LogP contribution in [0.4, 0.5) is 0 Å². The van der Waals surface area contributed by atoms with Crippen LogP contribution in [0.1, 0.15) is 27.2 Å². The molecule has 8 nitrogen and oxygen atoms in total. The lowest BCUT2D eigenvalue weighted by molar-refractivity contribution is 0.0954. The van der Waals surface area contributed by atoms with Crippen LogP contribution in [-0.4, -0.2) is 39.4 Å². The van der Waals surface area contributed by atoms with Gasteiger partial charge in [0, 0.05) is 11.1 Å². The molecule has 0 aliphatic carbocycles. The highest BCUT2D eigenvalue weighted by molar-refractivity contribution is 5.95. The van der Waals surface area contributed by atoms with E-state index in [1.165, 1.54) is 31.8 Å². The van der Waals surface area contributed by atoms with E-state index in [9.17, 15) is 15.0 Å². The van der Waals surface area contributed by atoms with Crippen molar-refractivity contribution in [1.29, 1.82) is 0 Å². The summed E-state index contributed by atoms with van der Waals surface area (Å²) in [4.78, 5) is 18.7. The predicted molar refractivity (Wildman–Crippen MR) is 78.5 cm³/mol. The Labute approximate surface area is 126 Å². The first-order valence-electron chi connectivity index (χ1n) is 6.42. The molecule has 0 bridgehead atoms. The summed E-state index contributed by atoms with van der Waals surface area (Å²) in [6.45, 7) is -0.607. The molecule has 4 N–H and O–H groups in total. The van der Waals surface area contributed by atoms with Gasteiger partial charge in [0.1, 0.15) is 5.75 Å². The highest BCUT2D eigenvalue weighted by Crippen LogP contribution is 2.25. The van der Waals surface area contributed by atoms with Crippen LogP contribution in [0.5, 0.6) is 5.75 Å². The van der Waals surface area contributed by atoms with E-state index in [4.69, 9.17) is 4.74 Å². The maximum Gasteiger partial charge on any atom is 0.271 e. The van der Waals surface area contributed by atoms with Crippen molar-refractivity contribution in [3.63, 3.8) is 0 Å². The van der Waals surface area contributed by atoms with Gasteiger partial charge >= 0.3 is 0 Å². The number of aliphatic hydroxyl groups is 2. The molecule has 0 unspecified atom stereocenters. The molecule has 1 amide bonds. The Kier molecular flexibility index (Phi) is 5.23. The van der Waals surface area contributed by atoms with Crippen molar-refractivity contribution < 1.29 is 19.7 Å². The van der Waals surface area contributed by atoms with E-state index in [2.05, 4.69) is 20.5 Å². The maximum absolute atomic E-state index is 12.1. The molecule has 2 aromatic rings. The summed E-state index contributed by atoms with van der Waals surface area (Å²) in [6.07, 6.45) is 4.46. The number of nitrogens with one attached hydrogen (secondary N) is 2. The molecule has 8 heteroatoms. The van der Waals surface area contributed by atoms with Crippen molar-refractivity contribution in [3.05, 3.63) is 47.0 Å². The number of benzene rings is 1. The number of H-pyrrole nitrogens is 1. The molecule has 116 valence electrons. The minimum atomic E-state index is -0.465. The fourth-order valence-electron chi connectivity index (χ4n) is 1.90. The monoisotopic (exact) mass is 304 g/mol. The Bertz CT molecular complexity index is 642. The van der Waals surface area contributed by atoms with Crippen LogP contribution in [0.15, 0.2) is 29.8 Å². The second kappa shape index (κ2) is 7.34. The molecule has 0 saturated carbocycles. The number of aliphatic hydroxyl groups excluding tert-OH is 2. The molecule has 1 aromatic carbocycles. The lowest BCUT2D eigenvalue weighted by Crippen LogP contribution is -2.18. The number of hydrogen-bond acceptors (Lipinski definition) is 6. The summed E-state index contributed by atoms with van der Waals surface area (Å²) in [5.74, 6) is -0.134. The van der Waals surface area contributed by atoms with E-state index in [0.717, 1.165) is 0 Å². The van der Waals surface area contributed by atoms with Crippen molar-refractivity contribution in [2.45, 2.75) is 13.2 Å². The van der Waals surface area contributed by atoms with Gasteiger partial charge in [-0.1, -0.05) is 0 Å². The van der Waals surface area contributed by atoms with Crippen LogP contribution in [0.25, 0.3) is 0 Å². The van der Waals surface area contributed by atoms with Gasteiger partial charge in [-0.05, 0) is 17.7 Å². The Morgan fingerprint density at radius 1 is 1.45 bits per heavy atom. The van der Waals surface area contributed by atoms with Crippen LogP contribution < -0.4 is 10.2 Å². The normalized spacial score (nSPS) is 10.9. The molecule has 0 fully saturated rings. The van der Waals surface area contributed by atoms with Gasteiger partial charge in [-0.2, -0.15) is 5.10 Å². The van der Waals surface area contributed by atoms with Gasteiger partial charge in [0.05, 0.1) is 44.8 Å². The minimum absolute atomic E-state index is 0.264. The van der Waals surface area contributed by atoms with Gasteiger partial charge in [0.25, 0.3) is 5.91 Å². The third-order valence-electron chi connectivity index (χ3n) is 3.00. The number of hydrogen-bond donors (Lipinski definition) is 4. The highest BCUT2D eigenvalue weighted by atomic mass is 16.5. The van der Waals surface area contributed by atoms with Crippen LogP contribution in [0, 0.1) is 0 Å². The fourth-order valence-corrected chi connectivity index (χ4v) is 1.90. The largest absolute Gasteiger partial charge is 0.496 e. The molecule has 0 aliphatic rings. The van der Waals surface area contributed by atoms with E-state index >= 15 is 0 Å². The van der Waals surface area contributed by atoms with Gasteiger partial charge in [-0.25, -0.2) is 10.4 Å². The number of imidazole rings is 1. The average molecular weight is 304 g/mol. The molecule has 0 saturated heterocycles. The van der Waals surface area contributed by atoms with Crippen molar-refractivity contribution in [1.82, 2.24) is 15.4 Å². The average Bonchev–Trinajstić information content (AvgIpc) is 3.06. The van der Waals surface area contributed by atoms with E-state index in [1.54, 1.807) is 6.20 Å². The standard InChI is InChI=1S/C14H16N4O4/c1-22-13-3-9(2-10(6-19)12(13)7-20)14(21)18-17-5-11-4-15-8-16-11/h2-5,8,19-20H,6-7H2,1H3,(H,15,16)(H,18,21)/b17-5+. The summed E-state index contributed by atoms with van der Waals surface area (Å²) in [5.41, 5.74) is 4.13. The number of hydrazone groups is 1. The van der Waals surface area contributed by atoms with E-state index < -0.39 is 5.91 Å². The van der Waals surface area contributed by atoms with Gasteiger partial charge in [-0.15, -0.1) is 0 Å². The topological polar surface area (TPSA) is 120 Å². The van der Waals surface area contributed by atoms with Crippen LogP contribution >= 0.6 is 0 Å². The summed E-state index contributed by atoms with van der Waals surface area (Å²) in [7, 11) is 1.42. The predicted octanol–water partition coefficient (Wildman–Crippen LogP) is 0.167. The number of aromatic amines is 1. The third kappa shape index (κ3) is 3.48. The summed E-state index contributed by atoms with van der Waals surface area (Å²) >= 11 is 0. The van der Waals surface area contributed by atoms with Crippen molar-refractivity contribution in [2.75, 3.05) is 7.11 Å². The number of carbonyl (C=O) groups excluding carboxylic acids is 1. The van der Waals surface area contributed by atoms with Crippen LogP contribution in [-0.2, 0) is 13.2 Å². The summed E-state index contributed by atoms with van der Waals surface area (Å²) in [5, 5.41) is 22.4. The molecule has 2 rings (SSSR count). The number of ether oxygens (including phenoxy) is 1. The van der Waals surface area contributed by atoms with Crippen LogP contribution in [0.3, 0.4) is 0 Å². The van der Waals surface area contributed by atoms with Gasteiger partial charge in [0.2, 0.25) is 0 Å². The molecule has 0 spiro atoms. The van der Waals surface area contributed by atoms with Gasteiger partial charge in [-0.3, -0.25) is 4.79 Å². The van der Waals surface area contributed by atoms with Gasteiger partial charge in [0.15, 0.2) is 0 Å². The van der Waals surface area contributed by atoms with Gasteiger partial charge < -0.3 is 19.9 Å². The first kappa shape index (κ1) is 15.7. The number of rotatable bonds is 6. The smallest absolute Gasteiger partial charge is 0.271 e. The van der Waals surface area contributed by atoms with Crippen LogP contribution in [0.2, 0.25) is 0 Å². The molecular formula is C14H16N4O4. The Morgan fingerprint density at radius 2 is 2.27 bits per heavy atom. The first-order chi connectivity index (χ1) is 10.7. The quantitative estimate of drug-likeness (QED) is 0.448. The molecule has 0 radical (unpaired) electrons. The lowest BCUT2D eigenvalue weighted by Gasteiger charge is -2.12. The Hall–Kier alpha value is -2.71.